The van der Waals surface area contributed by atoms with Gasteiger partial charge in [0.1, 0.15) is 5.60 Å². The lowest BCUT2D eigenvalue weighted by molar-refractivity contribution is -0.122. The summed E-state index contributed by atoms with van der Waals surface area (Å²) in [5, 5.41) is 0. The molecule has 1 aliphatic rings. The van der Waals surface area contributed by atoms with Crippen molar-refractivity contribution in [2.24, 2.45) is 5.84 Å². The SMILES string of the molecule is CC(C)(C)OC(=O)N1CCN(CC(=O)NN)CC1. The highest BCUT2D eigenvalue weighted by Gasteiger charge is 2.26. The van der Waals surface area contributed by atoms with Crippen LogP contribution in [0.3, 0.4) is 0 Å². The Hall–Kier alpha value is -1.34. The number of rotatable bonds is 2. The molecule has 7 heteroatoms. The monoisotopic (exact) mass is 258 g/mol. The van der Waals surface area contributed by atoms with Gasteiger partial charge in [0.25, 0.3) is 0 Å². The molecule has 7 nitrogen and oxygen atoms in total. The van der Waals surface area contributed by atoms with Crippen molar-refractivity contribution in [3.63, 3.8) is 0 Å². The minimum absolute atomic E-state index is 0.222. The van der Waals surface area contributed by atoms with E-state index in [0.29, 0.717) is 26.2 Å². The van der Waals surface area contributed by atoms with Gasteiger partial charge < -0.3 is 9.64 Å². The Morgan fingerprint density at radius 1 is 1.22 bits per heavy atom. The van der Waals surface area contributed by atoms with Gasteiger partial charge in [0, 0.05) is 26.2 Å². The second kappa shape index (κ2) is 6.01. The van der Waals surface area contributed by atoms with Gasteiger partial charge in [0.05, 0.1) is 6.54 Å². The van der Waals surface area contributed by atoms with Crippen LogP contribution in [0, 0.1) is 0 Å². The van der Waals surface area contributed by atoms with Gasteiger partial charge >= 0.3 is 6.09 Å². The number of hydrogen-bond acceptors (Lipinski definition) is 5. The molecule has 0 aromatic carbocycles. The summed E-state index contributed by atoms with van der Waals surface area (Å²) < 4.78 is 5.28. The fourth-order valence-electron chi connectivity index (χ4n) is 1.66. The Morgan fingerprint density at radius 3 is 2.22 bits per heavy atom. The lowest BCUT2D eigenvalue weighted by Crippen LogP contribution is -2.52. The Bertz CT molecular complexity index is 306. The maximum absolute atomic E-state index is 11.8. The number of ether oxygens (including phenoxy) is 1. The maximum Gasteiger partial charge on any atom is 0.410 e. The van der Waals surface area contributed by atoms with E-state index in [-0.39, 0.29) is 18.5 Å². The molecule has 0 unspecified atom stereocenters. The number of piperazine rings is 1. The first-order valence-electron chi connectivity index (χ1n) is 6.01. The van der Waals surface area contributed by atoms with Gasteiger partial charge in [-0.3, -0.25) is 15.1 Å². The van der Waals surface area contributed by atoms with Gasteiger partial charge in [-0.25, -0.2) is 10.6 Å². The minimum Gasteiger partial charge on any atom is -0.444 e. The standard InChI is InChI=1S/C11H22N4O3/c1-11(2,3)18-10(17)15-6-4-14(5-7-15)8-9(16)13-12/h4-8,12H2,1-3H3,(H,13,16). The minimum atomic E-state index is -0.479. The molecule has 104 valence electrons. The summed E-state index contributed by atoms with van der Waals surface area (Å²) in [6.07, 6.45) is -0.301. The molecule has 0 radical (unpaired) electrons. The van der Waals surface area contributed by atoms with E-state index in [1.165, 1.54) is 0 Å². The number of nitrogens with two attached hydrogens (primary N) is 1. The van der Waals surface area contributed by atoms with Crippen molar-refractivity contribution >= 4 is 12.0 Å². The molecule has 2 amide bonds. The fraction of sp³-hybridized carbons (Fsp3) is 0.818. The predicted octanol–water partition coefficient (Wildman–Crippen LogP) is -0.471. The van der Waals surface area contributed by atoms with E-state index in [1.807, 2.05) is 25.7 Å². The van der Waals surface area contributed by atoms with Crippen LogP contribution in [0.1, 0.15) is 20.8 Å². The highest BCUT2D eigenvalue weighted by molar-refractivity contribution is 5.77. The van der Waals surface area contributed by atoms with Crippen LogP contribution in [-0.2, 0) is 9.53 Å². The molecule has 1 aliphatic heterocycles. The summed E-state index contributed by atoms with van der Waals surface area (Å²) in [5.41, 5.74) is 1.61. The number of carbonyl (C=O) groups is 2. The van der Waals surface area contributed by atoms with Gasteiger partial charge in [-0.05, 0) is 20.8 Å². The molecule has 0 spiro atoms. The van der Waals surface area contributed by atoms with Crippen LogP contribution >= 0.6 is 0 Å². The van der Waals surface area contributed by atoms with Crippen molar-refractivity contribution in [1.29, 1.82) is 0 Å². The average molecular weight is 258 g/mol. The van der Waals surface area contributed by atoms with E-state index in [0.717, 1.165) is 0 Å². The van der Waals surface area contributed by atoms with Gasteiger partial charge in [-0.2, -0.15) is 0 Å². The zero-order valence-electron chi connectivity index (χ0n) is 11.2. The normalized spacial score (nSPS) is 17.4. The molecule has 0 aromatic heterocycles. The summed E-state index contributed by atoms with van der Waals surface area (Å²) in [6, 6.07) is 0. The first kappa shape index (κ1) is 14.7. The highest BCUT2D eigenvalue weighted by Crippen LogP contribution is 2.11. The van der Waals surface area contributed by atoms with E-state index >= 15 is 0 Å². The van der Waals surface area contributed by atoms with Crippen LogP contribution in [0.15, 0.2) is 0 Å². The molecule has 0 aliphatic carbocycles. The van der Waals surface area contributed by atoms with E-state index in [2.05, 4.69) is 5.43 Å². The maximum atomic E-state index is 11.8. The van der Waals surface area contributed by atoms with Crippen LogP contribution in [0.25, 0.3) is 0 Å². The summed E-state index contributed by atoms with van der Waals surface area (Å²) in [4.78, 5) is 26.5. The topological polar surface area (TPSA) is 87.9 Å². The molecule has 1 heterocycles. The summed E-state index contributed by atoms with van der Waals surface area (Å²) >= 11 is 0. The van der Waals surface area contributed by atoms with Crippen molar-refractivity contribution in [2.45, 2.75) is 26.4 Å². The molecule has 0 atom stereocenters. The van der Waals surface area contributed by atoms with E-state index in [4.69, 9.17) is 10.6 Å². The van der Waals surface area contributed by atoms with Crippen LogP contribution in [-0.4, -0.2) is 60.1 Å². The Balaban J connectivity index is 2.35. The molecular weight excluding hydrogens is 236 g/mol. The van der Waals surface area contributed by atoms with Crippen molar-refractivity contribution < 1.29 is 14.3 Å². The molecule has 0 aromatic rings. The van der Waals surface area contributed by atoms with Gasteiger partial charge in [-0.15, -0.1) is 0 Å². The predicted molar refractivity (Wildman–Crippen MR) is 66.6 cm³/mol. The molecule has 1 saturated heterocycles. The van der Waals surface area contributed by atoms with Crippen LogP contribution in [0.4, 0.5) is 4.79 Å². The van der Waals surface area contributed by atoms with Crippen LogP contribution < -0.4 is 11.3 Å². The third-order valence-electron chi connectivity index (χ3n) is 2.55. The molecule has 1 fully saturated rings. The zero-order valence-corrected chi connectivity index (χ0v) is 11.2. The van der Waals surface area contributed by atoms with Crippen molar-refractivity contribution in [2.75, 3.05) is 32.7 Å². The first-order valence-corrected chi connectivity index (χ1v) is 6.01. The van der Waals surface area contributed by atoms with E-state index in [9.17, 15) is 9.59 Å². The number of nitrogens with one attached hydrogen (secondary N) is 1. The molecule has 18 heavy (non-hydrogen) atoms. The van der Waals surface area contributed by atoms with Crippen molar-refractivity contribution in [3.05, 3.63) is 0 Å². The number of carbonyl (C=O) groups excluding carboxylic acids is 2. The number of nitrogens with zero attached hydrogens (tertiary/aromatic N) is 2. The molecule has 0 bridgehead atoms. The zero-order chi connectivity index (χ0) is 13.8. The quantitative estimate of drug-likeness (QED) is 0.397. The summed E-state index contributed by atoms with van der Waals surface area (Å²) in [5.74, 6) is 4.80. The molecule has 0 saturated carbocycles. The first-order chi connectivity index (χ1) is 8.31. The van der Waals surface area contributed by atoms with Gasteiger partial charge in [0.2, 0.25) is 5.91 Å². The average Bonchev–Trinajstić information content (AvgIpc) is 2.27. The Labute approximate surface area is 107 Å². The Morgan fingerprint density at radius 2 is 1.78 bits per heavy atom. The fourth-order valence-corrected chi connectivity index (χ4v) is 1.66. The number of amides is 2. The number of hydrogen-bond donors (Lipinski definition) is 2. The van der Waals surface area contributed by atoms with Crippen molar-refractivity contribution in [3.8, 4) is 0 Å². The van der Waals surface area contributed by atoms with E-state index < -0.39 is 5.60 Å². The number of hydrazine groups is 1. The third-order valence-corrected chi connectivity index (χ3v) is 2.55. The molecular formula is C11H22N4O3. The van der Waals surface area contributed by atoms with Gasteiger partial charge in [-0.1, -0.05) is 0 Å². The smallest absolute Gasteiger partial charge is 0.410 e. The van der Waals surface area contributed by atoms with Gasteiger partial charge in [0.15, 0.2) is 0 Å². The third kappa shape index (κ3) is 4.89. The van der Waals surface area contributed by atoms with Crippen LogP contribution in [0.5, 0.6) is 0 Å². The highest BCUT2D eigenvalue weighted by atomic mass is 16.6. The summed E-state index contributed by atoms with van der Waals surface area (Å²) in [7, 11) is 0. The second-order valence-electron chi connectivity index (χ2n) is 5.31. The Kier molecular flexibility index (Phi) is 4.92. The second-order valence-corrected chi connectivity index (χ2v) is 5.31. The lowest BCUT2D eigenvalue weighted by atomic mass is 10.2. The van der Waals surface area contributed by atoms with Crippen LogP contribution in [0.2, 0.25) is 0 Å². The summed E-state index contributed by atoms with van der Waals surface area (Å²) in [6.45, 7) is 8.20. The van der Waals surface area contributed by atoms with Crippen molar-refractivity contribution in [1.82, 2.24) is 15.2 Å². The molecule has 3 N–H and O–H groups in total. The van der Waals surface area contributed by atoms with E-state index in [1.54, 1.807) is 4.90 Å². The molecule has 1 rings (SSSR count). The largest absolute Gasteiger partial charge is 0.444 e. The lowest BCUT2D eigenvalue weighted by Gasteiger charge is -2.35.